The van der Waals surface area contributed by atoms with E-state index >= 15 is 0 Å². The third kappa shape index (κ3) is 5.56. The van der Waals surface area contributed by atoms with Gasteiger partial charge < -0.3 is 10.4 Å². The maximum absolute atomic E-state index is 13.1. The van der Waals surface area contributed by atoms with Crippen LogP contribution in [0.2, 0.25) is 20.1 Å². The summed E-state index contributed by atoms with van der Waals surface area (Å²) >= 11 is 24.4. The van der Waals surface area contributed by atoms with Crippen LogP contribution in [0.4, 0.5) is 16.2 Å². The predicted octanol–water partition coefficient (Wildman–Crippen LogP) is 7.07. The van der Waals surface area contributed by atoms with Crippen LogP contribution in [0.25, 0.3) is 0 Å². The van der Waals surface area contributed by atoms with Gasteiger partial charge in [0.1, 0.15) is 0 Å². The topological polar surface area (TPSA) is 52.6 Å². The number of urea groups is 1. The number of halogens is 4. The summed E-state index contributed by atoms with van der Waals surface area (Å²) < 4.78 is 0. The molecule has 3 aromatic rings. The maximum Gasteiger partial charge on any atom is 0.326 e. The maximum atomic E-state index is 13.1. The summed E-state index contributed by atoms with van der Waals surface area (Å²) in [7, 11) is 0. The first-order valence-corrected chi connectivity index (χ1v) is 10.1. The molecular weight excluding hydrogens is 454 g/mol. The number of rotatable bonds is 5. The van der Waals surface area contributed by atoms with Crippen molar-refractivity contribution in [2.45, 2.75) is 6.10 Å². The van der Waals surface area contributed by atoms with E-state index in [0.717, 1.165) is 0 Å². The third-order valence-corrected chi connectivity index (χ3v) is 5.24. The molecule has 0 spiro atoms. The molecular formula is C21H16Cl4N2O2. The third-order valence-electron chi connectivity index (χ3n) is 4.16. The van der Waals surface area contributed by atoms with Crippen LogP contribution < -0.4 is 10.2 Å². The lowest BCUT2D eigenvalue weighted by Gasteiger charge is -2.27. The molecule has 0 saturated carbocycles. The molecule has 0 aliphatic rings. The number of aliphatic hydroxyl groups excluding tert-OH is 1. The fraction of sp³-hybridized carbons (Fsp3) is 0.0952. The van der Waals surface area contributed by atoms with Crippen molar-refractivity contribution in [3.05, 3.63) is 92.4 Å². The van der Waals surface area contributed by atoms with Crippen molar-refractivity contribution in [2.75, 3.05) is 16.8 Å². The number of amides is 2. The fourth-order valence-electron chi connectivity index (χ4n) is 2.72. The van der Waals surface area contributed by atoms with Crippen LogP contribution in [0, 0.1) is 0 Å². The van der Waals surface area contributed by atoms with Gasteiger partial charge in [0.2, 0.25) is 0 Å². The van der Waals surface area contributed by atoms with Crippen molar-refractivity contribution >= 4 is 63.8 Å². The molecule has 4 nitrogen and oxygen atoms in total. The molecule has 3 rings (SSSR count). The van der Waals surface area contributed by atoms with E-state index in [9.17, 15) is 9.90 Å². The lowest BCUT2D eigenvalue weighted by atomic mass is 10.1. The van der Waals surface area contributed by atoms with Crippen LogP contribution in [0.15, 0.2) is 66.7 Å². The quantitative estimate of drug-likeness (QED) is 0.419. The number of carbonyl (C=O) groups excluding carboxylic acids is 1. The van der Waals surface area contributed by atoms with Crippen LogP contribution in [0.3, 0.4) is 0 Å². The number of hydrogen-bond donors (Lipinski definition) is 2. The van der Waals surface area contributed by atoms with E-state index in [1.807, 2.05) is 18.2 Å². The Labute approximate surface area is 188 Å². The standard InChI is InChI=1S/C21H16Cl4N2O2/c22-14-6-8-18(16(24)10-14)26-21(29)27(19-9-7-15(23)11-17(19)25)12-20(28)13-4-2-1-3-5-13/h1-11,20,28H,12H2,(H,26,29). The highest BCUT2D eigenvalue weighted by molar-refractivity contribution is 6.38. The van der Waals surface area contributed by atoms with Gasteiger partial charge in [-0.3, -0.25) is 4.90 Å². The van der Waals surface area contributed by atoms with Gasteiger partial charge >= 0.3 is 6.03 Å². The normalized spacial score (nSPS) is 11.8. The monoisotopic (exact) mass is 468 g/mol. The molecule has 0 fully saturated rings. The molecule has 0 aliphatic heterocycles. The molecule has 0 bridgehead atoms. The minimum atomic E-state index is -0.936. The van der Waals surface area contributed by atoms with E-state index in [1.165, 1.54) is 17.0 Å². The Morgan fingerprint density at radius 2 is 1.52 bits per heavy atom. The molecule has 0 aliphatic carbocycles. The highest BCUT2D eigenvalue weighted by Crippen LogP contribution is 2.32. The van der Waals surface area contributed by atoms with Crippen LogP contribution >= 0.6 is 46.4 Å². The zero-order chi connectivity index (χ0) is 21.0. The molecule has 0 radical (unpaired) electrons. The van der Waals surface area contributed by atoms with E-state index < -0.39 is 12.1 Å². The smallest absolute Gasteiger partial charge is 0.326 e. The molecule has 2 amide bonds. The van der Waals surface area contributed by atoms with Gasteiger partial charge in [-0.05, 0) is 42.0 Å². The van der Waals surface area contributed by atoms with Crippen molar-refractivity contribution in [2.24, 2.45) is 0 Å². The predicted molar refractivity (Wildman–Crippen MR) is 121 cm³/mol. The summed E-state index contributed by atoms with van der Waals surface area (Å²) in [5, 5.41) is 14.8. The molecule has 0 aromatic heterocycles. The number of aliphatic hydroxyl groups is 1. The number of carbonyl (C=O) groups is 1. The van der Waals surface area contributed by atoms with E-state index in [4.69, 9.17) is 46.4 Å². The van der Waals surface area contributed by atoms with Crippen LogP contribution in [-0.4, -0.2) is 17.7 Å². The van der Waals surface area contributed by atoms with Gasteiger partial charge in [-0.1, -0.05) is 76.7 Å². The summed E-state index contributed by atoms with van der Waals surface area (Å²) in [6.07, 6.45) is -0.936. The Hall–Kier alpha value is -1.95. The summed E-state index contributed by atoms with van der Waals surface area (Å²) in [5.41, 5.74) is 1.44. The second-order valence-electron chi connectivity index (χ2n) is 6.19. The van der Waals surface area contributed by atoms with Gasteiger partial charge in [-0.15, -0.1) is 0 Å². The van der Waals surface area contributed by atoms with Crippen LogP contribution in [-0.2, 0) is 0 Å². The lowest BCUT2D eigenvalue weighted by molar-refractivity contribution is 0.183. The number of anilines is 2. The Morgan fingerprint density at radius 1 is 0.897 bits per heavy atom. The summed E-state index contributed by atoms with van der Waals surface area (Å²) in [6.45, 7) is -0.0393. The molecule has 8 heteroatoms. The van der Waals surface area contributed by atoms with Gasteiger partial charge in [0.05, 0.1) is 34.1 Å². The van der Waals surface area contributed by atoms with Crippen molar-refractivity contribution in [3.63, 3.8) is 0 Å². The fourth-order valence-corrected chi connectivity index (χ4v) is 3.68. The highest BCUT2D eigenvalue weighted by atomic mass is 35.5. The largest absolute Gasteiger partial charge is 0.387 e. The highest BCUT2D eigenvalue weighted by Gasteiger charge is 2.23. The van der Waals surface area contributed by atoms with Crippen molar-refractivity contribution in [1.29, 1.82) is 0 Å². The average Bonchev–Trinajstić information content (AvgIpc) is 2.69. The molecule has 1 atom stereocenters. The van der Waals surface area contributed by atoms with E-state index in [1.54, 1.807) is 36.4 Å². The first kappa shape index (κ1) is 21.8. The first-order valence-electron chi connectivity index (χ1n) is 8.57. The molecule has 0 heterocycles. The second kappa shape index (κ2) is 9.70. The summed E-state index contributed by atoms with van der Waals surface area (Å²) in [5.74, 6) is 0. The minimum absolute atomic E-state index is 0.0393. The van der Waals surface area contributed by atoms with Crippen molar-refractivity contribution < 1.29 is 9.90 Å². The molecule has 0 saturated heterocycles. The summed E-state index contributed by atoms with van der Waals surface area (Å²) in [4.78, 5) is 14.4. The Bertz CT molecular complexity index is 1010. The molecule has 2 N–H and O–H groups in total. The van der Waals surface area contributed by atoms with Gasteiger partial charge in [0.25, 0.3) is 0 Å². The van der Waals surface area contributed by atoms with E-state index in [-0.39, 0.29) is 16.6 Å². The SMILES string of the molecule is O=C(Nc1ccc(Cl)cc1Cl)N(CC(O)c1ccccc1)c1ccc(Cl)cc1Cl. The zero-order valence-corrected chi connectivity index (χ0v) is 18.0. The minimum Gasteiger partial charge on any atom is -0.387 e. The van der Waals surface area contributed by atoms with Gasteiger partial charge in [-0.25, -0.2) is 4.79 Å². The van der Waals surface area contributed by atoms with Crippen LogP contribution in [0.5, 0.6) is 0 Å². The Morgan fingerprint density at radius 3 is 2.14 bits per heavy atom. The van der Waals surface area contributed by atoms with Crippen molar-refractivity contribution in [3.8, 4) is 0 Å². The van der Waals surface area contributed by atoms with E-state index in [2.05, 4.69) is 5.32 Å². The lowest BCUT2D eigenvalue weighted by Crippen LogP contribution is -2.38. The van der Waals surface area contributed by atoms with Crippen molar-refractivity contribution in [1.82, 2.24) is 0 Å². The number of benzene rings is 3. The van der Waals surface area contributed by atoms with Crippen LogP contribution in [0.1, 0.15) is 11.7 Å². The number of nitrogens with zero attached hydrogens (tertiary/aromatic N) is 1. The van der Waals surface area contributed by atoms with Gasteiger partial charge in [0.15, 0.2) is 0 Å². The summed E-state index contributed by atoms with van der Waals surface area (Å²) in [6, 6.07) is 18.0. The molecule has 3 aromatic carbocycles. The molecule has 1 unspecified atom stereocenters. The average molecular weight is 470 g/mol. The van der Waals surface area contributed by atoms with E-state index in [0.29, 0.717) is 27.0 Å². The van der Waals surface area contributed by atoms with Gasteiger partial charge in [0, 0.05) is 10.0 Å². The number of nitrogens with one attached hydrogen (secondary N) is 1. The second-order valence-corrected chi connectivity index (χ2v) is 7.87. The molecule has 150 valence electrons. The first-order chi connectivity index (χ1) is 13.8. The number of hydrogen-bond acceptors (Lipinski definition) is 2. The Balaban J connectivity index is 1.92. The Kier molecular flexibility index (Phi) is 7.28. The van der Waals surface area contributed by atoms with Gasteiger partial charge in [-0.2, -0.15) is 0 Å². The molecule has 29 heavy (non-hydrogen) atoms. The zero-order valence-electron chi connectivity index (χ0n) is 14.9.